The number of nitro groups is 1. The molecule has 158 valence electrons. The summed E-state index contributed by atoms with van der Waals surface area (Å²) in [4.78, 5) is 23.4. The number of aromatic carboxylic acids is 1. The van der Waals surface area contributed by atoms with Crippen molar-refractivity contribution in [3.63, 3.8) is 0 Å². The number of benzene rings is 3. The van der Waals surface area contributed by atoms with Gasteiger partial charge in [-0.25, -0.2) is 4.79 Å². The SMILES string of the molecule is COc1cc(Nc2c(C(=O)O)cc3ccccc3c2[N+](=O)[O-])c2c(c1)OC(C)(C)C=C2. The molecule has 0 amide bonds. The molecule has 4 rings (SSSR count). The Morgan fingerprint density at radius 1 is 1.23 bits per heavy atom. The van der Waals surface area contributed by atoms with E-state index >= 15 is 0 Å². The van der Waals surface area contributed by atoms with Crippen LogP contribution in [0.1, 0.15) is 29.8 Å². The number of anilines is 2. The molecule has 3 aromatic carbocycles. The standard InChI is InChI=1S/C23H20N2O6/c1-23(2)9-8-16-18(11-14(30-3)12-19(16)31-23)24-20-17(22(26)27)10-13-6-4-5-7-15(13)21(20)25(28)29/h4-12,24H,1-3H3,(H,26,27). The molecular weight excluding hydrogens is 400 g/mol. The lowest BCUT2D eigenvalue weighted by Gasteiger charge is -2.29. The minimum Gasteiger partial charge on any atom is -0.497 e. The fraction of sp³-hybridized carbons (Fsp3) is 0.174. The number of methoxy groups -OCH3 is 1. The quantitative estimate of drug-likeness (QED) is 0.421. The molecule has 2 N–H and O–H groups in total. The summed E-state index contributed by atoms with van der Waals surface area (Å²) in [5.74, 6) is -0.289. The third kappa shape index (κ3) is 3.63. The lowest BCUT2D eigenvalue weighted by Crippen LogP contribution is -2.27. The van der Waals surface area contributed by atoms with Gasteiger partial charge in [0, 0.05) is 17.7 Å². The Bertz CT molecular complexity index is 1260. The zero-order chi connectivity index (χ0) is 22.3. The monoisotopic (exact) mass is 420 g/mol. The van der Waals surface area contributed by atoms with E-state index in [1.165, 1.54) is 13.2 Å². The topological polar surface area (TPSA) is 111 Å². The first-order valence-electron chi connectivity index (χ1n) is 9.51. The Balaban J connectivity index is 1.98. The molecular formula is C23H20N2O6. The summed E-state index contributed by atoms with van der Waals surface area (Å²) in [6, 6.07) is 11.4. The van der Waals surface area contributed by atoms with Crippen molar-refractivity contribution in [2.75, 3.05) is 12.4 Å². The minimum absolute atomic E-state index is 0.107. The van der Waals surface area contributed by atoms with Crippen LogP contribution in [-0.4, -0.2) is 28.7 Å². The maximum absolute atomic E-state index is 12.0. The lowest BCUT2D eigenvalue weighted by atomic mass is 9.99. The van der Waals surface area contributed by atoms with E-state index < -0.39 is 16.5 Å². The average Bonchev–Trinajstić information content (AvgIpc) is 2.71. The Hall–Kier alpha value is -4.07. The highest BCUT2D eigenvalue weighted by molar-refractivity contribution is 6.08. The van der Waals surface area contributed by atoms with Gasteiger partial charge in [0.15, 0.2) is 0 Å². The predicted molar refractivity (Wildman–Crippen MR) is 118 cm³/mol. The summed E-state index contributed by atoms with van der Waals surface area (Å²) < 4.78 is 11.4. The van der Waals surface area contributed by atoms with Crippen LogP contribution >= 0.6 is 0 Å². The van der Waals surface area contributed by atoms with E-state index in [1.807, 2.05) is 26.0 Å². The van der Waals surface area contributed by atoms with Crippen LogP contribution in [0.3, 0.4) is 0 Å². The number of fused-ring (bicyclic) bond motifs is 2. The van der Waals surface area contributed by atoms with Crippen molar-refractivity contribution in [1.29, 1.82) is 0 Å². The van der Waals surface area contributed by atoms with Gasteiger partial charge in [0.2, 0.25) is 0 Å². The molecule has 8 heteroatoms. The van der Waals surface area contributed by atoms with Crippen LogP contribution in [0.4, 0.5) is 17.1 Å². The summed E-state index contributed by atoms with van der Waals surface area (Å²) >= 11 is 0. The zero-order valence-corrected chi connectivity index (χ0v) is 17.1. The number of rotatable bonds is 5. The summed E-state index contributed by atoms with van der Waals surface area (Å²) in [5.41, 5.74) is -0.0976. The number of ether oxygens (including phenoxy) is 2. The summed E-state index contributed by atoms with van der Waals surface area (Å²) in [6.07, 6.45) is 3.70. The maximum atomic E-state index is 12.0. The maximum Gasteiger partial charge on any atom is 0.338 e. The summed E-state index contributed by atoms with van der Waals surface area (Å²) in [6.45, 7) is 3.80. The molecule has 0 atom stereocenters. The average molecular weight is 420 g/mol. The van der Waals surface area contributed by atoms with Crippen molar-refractivity contribution in [2.24, 2.45) is 0 Å². The van der Waals surface area contributed by atoms with E-state index in [9.17, 15) is 20.0 Å². The smallest absolute Gasteiger partial charge is 0.338 e. The van der Waals surface area contributed by atoms with Crippen LogP contribution in [0.25, 0.3) is 16.8 Å². The van der Waals surface area contributed by atoms with E-state index in [0.29, 0.717) is 33.5 Å². The molecule has 1 heterocycles. The molecule has 1 aliphatic rings. The minimum atomic E-state index is -1.28. The number of nitrogens with zero attached hydrogens (tertiary/aromatic N) is 1. The van der Waals surface area contributed by atoms with Gasteiger partial charge in [-0.3, -0.25) is 10.1 Å². The Morgan fingerprint density at radius 2 is 1.97 bits per heavy atom. The Morgan fingerprint density at radius 3 is 2.65 bits per heavy atom. The highest BCUT2D eigenvalue weighted by Gasteiger charge is 2.29. The molecule has 8 nitrogen and oxygen atoms in total. The van der Waals surface area contributed by atoms with Gasteiger partial charge in [0.05, 0.1) is 28.7 Å². The Kier molecular flexibility index (Phi) is 4.77. The molecule has 0 unspecified atom stereocenters. The molecule has 0 fully saturated rings. The number of hydrogen-bond acceptors (Lipinski definition) is 6. The van der Waals surface area contributed by atoms with Crippen LogP contribution in [0.2, 0.25) is 0 Å². The van der Waals surface area contributed by atoms with Crippen molar-refractivity contribution in [3.8, 4) is 11.5 Å². The number of carbonyl (C=O) groups is 1. The van der Waals surface area contributed by atoms with Crippen molar-refractivity contribution >= 4 is 39.9 Å². The molecule has 0 bridgehead atoms. The van der Waals surface area contributed by atoms with Crippen LogP contribution in [-0.2, 0) is 0 Å². The van der Waals surface area contributed by atoms with Crippen molar-refractivity contribution in [3.05, 3.63) is 69.8 Å². The summed E-state index contributed by atoms with van der Waals surface area (Å²) in [5, 5.41) is 25.6. The molecule has 31 heavy (non-hydrogen) atoms. The highest BCUT2D eigenvalue weighted by atomic mass is 16.6. The van der Waals surface area contributed by atoms with E-state index in [4.69, 9.17) is 9.47 Å². The van der Waals surface area contributed by atoms with Gasteiger partial charge in [-0.15, -0.1) is 0 Å². The molecule has 0 radical (unpaired) electrons. The van der Waals surface area contributed by atoms with Gasteiger partial charge >= 0.3 is 11.7 Å². The van der Waals surface area contributed by atoms with Crippen LogP contribution < -0.4 is 14.8 Å². The molecule has 0 saturated carbocycles. The van der Waals surface area contributed by atoms with E-state index in [-0.39, 0.29) is 16.9 Å². The molecule has 0 saturated heterocycles. The Labute approximate surface area is 177 Å². The van der Waals surface area contributed by atoms with Crippen LogP contribution in [0.5, 0.6) is 11.5 Å². The molecule has 0 aliphatic carbocycles. The third-order valence-electron chi connectivity index (χ3n) is 5.07. The fourth-order valence-electron chi connectivity index (χ4n) is 3.63. The fourth-order valence-corrected chi connectivity index (χ4v) is 3.63. The van der Waals surface area contributed by atoms with Crippen molar-refractivity contribution in [2.45, 2.75) is 19.4 Å². The first-order valence-corrected chi connectivity index (χ1v) is 9.51. The van der Waals surface area contributed by atoms with E-state index in [2.05, 4.69) is 5.32 Å². The third-order valence-corrected chi connectivity index (χ3v) is 5.07. The van der Waals surface area contributed by atoms with Gasteiger partial charge < -0.3 is 19.9 Å². The second kappa shape index (κ2) is 7.32. The highest BCUT2D eigenvalue weighted by Crippen LogP contribution is 2.43. The number of carboxylic acids is 1. The first-order chi connectivity index (χ1) is 14.7. The van der Waals surface area contributed by atoms with Gasteiger partial charge in [-0.2, -0.15) is 0 Å². The molecule has 0 aromatic heterocycles. The molecule has 0 spiro atoms. The molecule has 1 aliphatic heterocycles. The summed E-state index contributed by atoms with van der Waals surface area (Å²) in [7, 11) is 1.50. The van der Waals surface area contributed by atoms with Gasteiger partial charge in [-0.1, -0.05) is 18.2 Å². The van der Waals surface area contributed by atoms with Crippen molar-refractivity contribution in [1.82, 2.24) is 0 Å². The first kappa shape index (κ1) is 20.2. The van der Waals surface area contributed by atoms with E-state index in [0.717, 1.165) is 0 Å². The second-order valence-electron chi connectivity index (χ2n) is 7.68. The number of nitro benzene ring substituents is 1. The number of hydrogen-bond donors (Lipinski definition) is 2. The van der Waals surface area contributed by atoms with Crippen LogP contribution in [0, 0.1) is 10.1 Å². The number of nitrogens with one attached hydrogen (secondary N) is 1. The van der Waals surface area contributed by atoms with Gasteiger partial charge in [0.25, 0.3) is 0 Å². The van der Waals surface area contributed by atoms with Gasteiger partial charge in [0.1, 0.15) is 22.8 Å². The van der Waals surface area contributed by atoms with E-state index in [1.54, 1.807) is 36.4 Å². The lowest BCUT2D eigenvalue weighted by molar-refractivity contribution is -0.382. The number of carboxylic acid groups (broad SMARTS) is 1. The molecule has 3 aromatic rings. The second-order valence-corrected chi connectivity index (χ2v) is 7.68. The predicted octanol–water partition coefficient (Wildman–Crippen LogP) is 5.38. The van der Waals surface area contributed by atoms with Gasteiger partial charge in [-0.05, 0) is 43.5 Å². The van der Waals surface area contributed by atoms with Crippen molar-refractivity contribution < 1.29 is 24.3 Å². The largest absolute Gasteiger partial charge is 0.497 e. The normalized spacial score (nSPS) is 13.9. The van der Waals surface area contributed by atoms with Crippen LogP contribution in [0.15, 0.2) is 48.5 Å². The zero-order valence-electron chi connectivity index (χ0n) is 17.1.